The van der Waals surface area contributed by atoms with Gasteiger partial charge >= 0.3 is 0 Å². The van der Waals surface area contributed by atoms with Crippen molar-refractivity contribution in [1.82, 2.24) is 0 Å². The molecular formula is C16H15NO4S. The van der Waals surface area contributed by atoms with Gasteiger partial charge in [-0.15, -0.1) is 0 Å². The van der Waals surface area contributed by atoms with Crippen LogP contribution in [0, 0.1) is 0 Å². The molecule has 0 aromatic heterocycles. The lowest BCUT2D eigenvalue weighted by atomic mass is 10.1. The molecule has 3 rings (SSSR count). The minimum atomic E-state index is -3.56. The van der Waals surface area contributed by atoms with Crippen molar-refractivity contribution in [3.63, 3.8) is 0 Å². The van der Waals surface area contributed by atoms with Gasteiger partial charge in [-0.3, -0.25) is 0 Å². The lowest BCUT2D eigenvalue weighted by molar-refractivity contribution is 0.333. The average molecular weight is 317 g/mol. The van der Waals surface area contributed by atoms with Crippen molar-refractivity contribution < 1.29 is 18.3 Å². The van der Waals surface area contributed by atoms with Gasteiger partial charge in [-0.1, -0.05) is 24.3 Å². The number of rotatable bonds is 4. The van der Waals surface area contributed by atoms with E-state index in [-0.39, 0.29) is 34.5 Å². The SMILES string of the molecule is NCc1cccc2c1C=C(COc1ccccc1O)S2(=O)=O. The van der Waals surface area contributed by atoms with Crippen molar-refractivity contribution in [3.05, 3.63) is 58.5 Å². The number of phenols is 1. The van der Waals surface area contributed by atoms with Crippen LogP contribution in [0.2, 0.25) is 0 Å². The highest BCUT2D eigenvalue weighted by Gasteiger charge is 2.31. The molecule has 0 spiro atoms. The van der Waals surface area contributed by atoms with Crippen molar-refractivity contribution in [2.45, 2.75) is 11.4 Å². The molecule has 6 heteroatoms. The van der Waals surface area contributed by atoms with Gasteiger partial charge in [-0.2, -0.15) is 0 Å². The number of fused-ring (bicyclic) bond motifs is 1. The Bertz CT molecular complexity index is 856. The molecule has 114 valence electrons. The van der Waals surface area contributed by atoms with Crippen LogP contribution in [0.3, 0.4) is 0 Å². The van der Waals surface area contributed by atoms with Crippen LogP contribution < -0.4 is 10.5 Å². The highest BCUT2D eigenvalue weighted by molar-refractivity contribution is 7.95. The summed E-state index contributed by atoms with van der Waals surface area (Å²) >= 11 is 0. The highest BCUT2D eigenvalue weighted by atomic mass is 32.2. The van der Waals surface area contributed by atoms with Crippen LogP contribution in [0.5, 0.6) is 11.5 Å². The van der Waals surface area contributed by atoms with E-state index < -0.39 is 9.84 Å². The topological polar surface area (TPSA) is 89.6 Å². The molecule has 0 amide bonds. The van der Waals surface area contributed by atoms with Gasteiger partial charge in [0.2, 0.25) is 9.84 Å². The zero-order chi connectivity index (χ0) is 15.7. The molecule has 3 N–H and O–H groups in total. The predicted octanol–water partition coefficient (Wildman–Crippen LogP) is 2.06. The molecule has 2 aromatic rings. The molecule has 1 aliphatic rings. The van der Waals surface area contributed by atoms with Crippen LogP contribution in [-0.2, 0) is 16.4 Å². The van der Waals surface area contributed by atoms with E-state index in [1.165, 1.54) is 6.07 Å². The van der Waals surface area contributed by atoms with Gasteiger partial charge in [0.1, 0.15) is 6.61 Å². The standard InChI is InChI=1S/C16H15NO4S/c17-9-11-4-3-7-16-13(11)8-12(22(16,19)20)10-21-15-6-2-1-5-14(15)18/h1-8,18H,9-10,17H2. The maximum Gasteiger partial charge on any atom is 0.206 e. The van der Waals surface area contributed by atoms with Gasteiger partial charge in [0.25, 0.3) is 0 Å². The van der Waals surface area contributed by atoms with Crippen molar-refractivity contribution in [2.75, 3.05) is 6.61 Å². The van der Waals surface area contributed by atoms with Crippen molar-refractivity contribution in [1.29, 1.82) is 0 Å². The Balaban J connectivity index is 1.91. The van der Waals surface area contributed by atoms with E-state index in [2.05, 4.69) is 0 Å². The molecule has 2 aromatic carbocycles. The number of hydrogen-bond acceptors (Lipinski definition) is 5. The molecule has 0 aliphatic carbocycles. The normalized spacial score (nSPS) is 15.2. The van der Waals surface area contributed by atoms with E-state index >= 15 is 0 Å². The number of ether oxygens (including phenoxy) is 1. The summed E-state index contributed by atoms with van der Waals surface area (Å²) in [6.45, 7) is 0.126. The Morgan fingerprint density at radius 1 is 1.09 bits per heavy atom. The summed E-state index contributed by atoms with van der Waals surface area (Å²) in [5.41, 5.74) is 7.06. The molecule has 0 saturated carbocycles. The van der Waals surface area contributed by atoms with Gasteiger partial charge in [0.05, 0.1) is 9.80 Å². The van der Waals surface area contributed by atoms with Crippen LogP contribution in [-0.4, -0.2) is 20.1 Å². The summed E-state index contributed by atoms with van der Waals surface area (Å²) in [4.78, 5) is 0.415. The Morgan fingerprint density at radius 2 is 1.86 bits per heavy atom. The number of phenolic OH excluding ortho intramolecular Hbond substituents is 1. The van der Waals surface area contributed by atoms with E-state index in [9.17, 15) is 13.5 Å². The van der Waals surface area contributed by atoms with E-state index in [0.29, 0.717) is 5.56 Å². The van der Waals surface area contributed by atoms with Crippen LogP contribution in [0.15, 0.2) is 52.3 Å². The molecule has 1 heterocycles. The number of benzene rings is 2. The third-order valence-electron chi connectivity index (χ3n) is 3.55. The third kappa shape index (κ3) is 2.36. The summed E-state index contributed by atoms with van der Waals surface area (Å²) in [7, 11) is -3.56. The van der Waals surface area contributed by atoms with Gasteiger partial charge in [0.15, 0.2) is 11.5 Å². The monoisotopic (exact) mass is 317 g/mol. The Labute approximate surface area is 128 Å². The minimum absolute atomic E-state index is 0.0290. The Morgan fingerprint density at radius 3 is 2.59 bits per heavy atom. The zero-order valence-corrected chi connectivity index (χ0v) is 12.5. The Kier molecular flexibility index (Phi) is 3.64. The Hall–Kier alpha value is -2.31. The van der Waals surface area contributed by atoms with Gasteiger partial charge < -0.3 is 15.6 Å². The third-order valence-corrected chi connectivity index (χ3v) is 5.41. The lowest BCUT2D eigenvalue weighted by Crippen LogP contribution is -2.09. The number of nitrogens with two attached hydrogens (primary N) is 1. The first kappa shape index (κ1) is 14.6. The number of para-hydroxylation sites is 2. The lowest BCUT2D eigenvalue weighted by Gasteiger charge is -2.08. The van der Waals surface area contributed by atoms with Crippen LogP contribution in [0.25, 0.3) is 6.08 Å². The quantitative estimate of drug-likeness (QED) is 0.901. The summed E-state index contributed by atoms with van der Waals surface area (Å²) in [5, 5.41) is 9.66. The van der Waals surface area contributed by atoms with E-state index in [4.69, 9.17) is 10.5 Å². The van der Waals surface area contributed by atoms with Gasteiger partial charge in [-0.05, 0) is 35.4 Å². The molecule has 22 heavy (non-hydrogen) atoms. The van der Waals surface area contributed by atoms with E-state index in [0.717, 1.165) is 5.56 Å². The zero-order valence-electron chi connectivity index (χ0n) is 11.7. The molecular weight excluding hydrogens is 302 g/mol. The molecule has 0 radical (unpaired) electrons. The first-order chi connectivity index (χ1) is 10.5. The second kappa shape index (κ2) is 5.47. The second-order valence-corrected chi connectivity index (χ2v) is 6.87. The fraction of sp³-hybridized carbons (Fsp3) is 0.125. The van der Waals surface area contributed by atoms with Gasteiger partial charge in [0, 0.05) is 6.54 Å². The van der Waals surface area contributed by atoms with E-state index in [1.54, 1.807) is 42.5 Å². The number of aromatic hydroxyl groups is 1. The fourth-order valence-corrected chi connectivity index (χ4v) is 3.90. The van der Waals surface area contributed by atoms with Crippen molar-refractivity contribution >= 4 is 15.9 Å². The molecule has 0 fully saturated rings. The maximum absolute atomic E-state index is 12.5. The average Bonchev–Trinajstić information content (AvgIpc) is 2.77. The molecule has 0 unspecified atom stereocenters. The molecule has 1 aliphatic heterocycles. The molecule has 5 nitrogen and oxygen atoms in total. The maximum atomic E-state index is 12.5. The molecule has 0 bridgehead atoms. The van der Waals surface area contributed by atoms with Crippen LogP contribution in [0.1, 0.15) is 11.1 Å². The fourth-order valence-electron chi connectivity index (χ4n) is 2.39. The highest BCUT2D eigenvalue weighted by Crippen LogP contribution is 2.35. The first-order valence-electron chi connectivity index (χ1n) is 6.72. The number of sulfone groups is 1. The summed E-state index contributed by atoms with van der Waals surface area (Å²) in [5.74, 6) is 0.215. The van der Waals surface area contributed by atoms with E-state index in [1.807, 2.05) is 0 Å². The predicted molar refractivity (Wildman–Crippen MR) is 83.1 cm³/mol. The van der Waals surface area contributed by atoms with Crippen LogP contribution in [0.4, 0.5) is 0 Å². The van der Waals surface area contributed by atoms with Crippen molar-refractivity contribution in [2.24, 2.45) is 5.73 Å². The summed E-state index contributed by atoms with van der Waals surface area (Å²) in [6.07, 6.45) is 1.59. The second-order valence-electron chi connectivity index (χ2n) is 4.90. The van der Waals surface area contributed by atoms with Crippen molar-refractivity contribution in [3.8, 4) is 11.5 Å². The first-order valence-corrected chi connectivity index (χ1v) is 8.21. The largest absolute Gasteiger partial charge is 0.504 e. The number of hydrogen-bond donors (Lipinski definition) is 2. The minimum Gasteiger partial charge on any atom is -0.504 e. The smallest absolute Gasteiger partial charge is 0.206 e. The summed E-state index contributed by atoms with van der Waals surface area (Å²) in [6, 6.07) is 11.5. The molecule has 0 saturated heterocycles. The summed E-state index contributed by atoms with van der Waals surface area (Å²) < 4.78 is 30.4. The molecule has 0 atom stereocenters. The van der Waals surface area contributed by atoms with Gasteiger partial charge in [-0.25, -0.2) is 8.42 Å². The van der Waals surface area contributed by atoms with Crippen LogP contribution >= 0.6 is 0 Å².